The second kappa shape index (κ2) is 12.3. The molecule has 6 heteroatoms. The maximum Gasteiger partial charge on any atom is 0.330 e. The average Bonchev–Trinajstić information content (AvgIpc) is 2.88. The zero-order chi connectivity index (χ0) is 25.1. The second-order valence-corrected chi connectivity index (χ2v) is 8.03. The van der Waals surface area contributed by atoms with Gasteiger partial charge in [0.25, 0.3) is 0 Å². The molecule has 0 saturated carbocycles. The number of carboxylic acids is 1. The predicted octanol–water partition coefficient (Wildman–Crippen LogP) is 4.49. The molecule has 0 aliphatic heterocycles. The lowest BCUT2D eigenvalue weighted by atomic mass is 9.67. The number of hydrogen-bond donors (Lipinski definition) is 2. The Labute approximate surface area is 205 Å². The van der Waals surface area contributed by atoms with Crippen LogP contribution in [0.15, 0.2) is 103 Å². The van der Waals surface area contributed by atoms with Gasteiger partial charge in [-0.05, 0) is 30.0 Å². The number of hydrogen-bond acceptors (Lipinski definition) is 4. The first-order valence-corrected chi connectivity index (χ1v) is 11.5. The van der Waals surface area contributed by atoms with Gasteiger partial charge in [0.15, 0.2) is 0 Å². The fourth-order valence-corrected chi connectivity index (χ4v) is 4.17. The summed E-state index contributed by atoms with van der Waals surface area (Å²) >= 11 is 0. The smallest absolute Gasteiger partial charge is 0.330 e. The molecule has 180 valence electrons. The summed E-state index contributed by atoms with van der Waals surface area (Å²) < 4.78 is 4.82. The van der Waals surface area contributed by atoms with E-state index < -0.39 is 29.3 Å². The highest BCUT2D eigenvalue weighted by atomic mass is 16.5. The van der Waals surface area contributed by atoms with E-state index in [4.69, 9.17) is 4.74 Å². The first-order valence-electron chi connectivity index (χ1n) is 11.5. The number of aliphatic carboxylic acids is 1. The molecule has 3 aromatic carbocycles. The number of benzene rings is 3. The Morgan fingerprint density at radius 3 is 1.71 bits per heavy atom. The quantitative estimate of drug-likeness (QED) is 0.244. The minimum atomic E-state index is -1.19. The van der Waals surface area contributed by atoms with E-state index in [-0.39, 0.29) is 19.4 Å². The summed E-state index contributed by atoms with van der Waals surface area (Å²) in [4.78, 5) is 36.8. The molecule has 0 aliphatic carbocycles. The van der Waals surface area contributed by atoms with Crippen molar-refractivity contribution in [3.05, 3.63) is 120 Å². The first kappa shape index (κ1) is 25.4. The molecular formula is C29H29NO5. The van der Waals surface area contributed by atoms with Crippen LogP contribution in [-0.4, -0.2) is 35.6 Å². The summed E-state index contributed by atoms with van der Waals surface area (Å²) in [6.45, 7) is 1.91. The fourth-order valence-electron chi connectivity index (χ4n) is 4.17. The van der Waals surface area contributed by atoms with Gasteiger partial charge in [0.2, 0.25) is 5.91 Å². The molecule has 0 spiro atoms. The summed E-state index contributed by atoms with van der Waals surface area (Å²) in [5.74, 6) is -2.16. The highest BCUT2D eigenvalue weighted by Crippen LogP contribution is 2.42. The molecule has 6 nitrogen and oxygen atoms in total. The predicted molar refractivity (Wildman–Crippen MR) is 134 cm³/mol. The average molecular weight is 472 g/mol. The Kier molecular flexibility index (Phi) is 8.95. The van der Waals surface area contributed by atoms with Crippen molar-refractivity contribution >= 4 is 17.8 Å². The number of carboxylic acid groups (broad SMARTS) is 1. The van der Waals surface area contributed by atoms with Crippen LogP contribution in [0.3, 0.4) is 0 Å². The third-order valence-electron chi connectivity index (χ3n) is 5.77. The van der Waals surface area contributed by atoms with Crippen molar-refractivity contribution in [2.45, 2.75) is 31.2 Å². The molecule has 0 bridgehead atoms. The van der Waals surface area contributed by atoms with E-state index in [9.17, 15) is 19.5 Å². The molecule has 0 heterocycles. The minimum Gasteiger partial charge on any atom is -0.480 e. The van der Waals surface area contributed by atoms with E-state index in [0.717, 1.165) is 16.7 Å². The van der Waals surface area contributed by atoms with Crippen molar-refractivity contribution in [3.8, 4) is 0 Å². The molecule has 0 unspecified atom stereocenters. The van der Waals surface area contributed by atoms with Crippen molar-refractivity contribution in [1.29, 1.82) is 0 Å². The Morgan fingerprint density at radius 2 is 1.31 bits per heavy atom. The van der Waals surface area contributed by atoms with Gasteiger partial charge >= 0.3 is 11.9 Å². The first-order chi connectivity index (χ1) is 17.0. The lowest BCUT2D eigenvalue weighted by Gasteiger charge is -2.36. The summed E-state index contributed by atoms with van der Waals surface area (Å²) in [6.07, 6.45) is 2.52. The maximum atomic E-state index is 13.4. The van der Waals surface area contributed by atoms with E-state index in [0.29, 0.717) is 0 Å². The Morgan fingerprint density at radius 1 is 0.857 bits per heavy atom. The van der Waals surface area contributed by atoms with Crippen LogP contribution in [0.25, 0.3) is 0 Å². The molecule has 0 aromatic heterocycles. The Hall–Kier alpha value is -4.19. The number of carbonyl (C=O) groups is 3. The Balaban J connectivity index is 1.96. The number of ether oxygens (including phenoxy) is 1. The zero-order valence-corrected chi connectivity index (χ0v) is 19.6. The fraction of sp³-hybridized carbons (Fsp3) is 0.207. The lowest BCUT2D eigenvalue weighted by Crippen LogP contribution is -2.44. The van der Waals surface area contributed by atoms with Gasteiger partial charge in [-0.1, -0.05) is 97.1 Å². The third-order valence-corrected chi connectivity index (χ3v) is 5.77. The van der Waals surface area contributed by atoms with Gasteiger partial charge in [0.1, 0.15) is 6.04 Å². The van der Waals surface area contributed by atoms with Crippen molar-refractivity contribution in [2.75, 3.05) is 6.61 Å². The molecule has 0 saturated heterocycles. The number of esters is 1. The van der Waals surface area contributed by atoms with Crippen LogP contribution in [-0.2, 0) is 24.5 Å². The number of amides is 1. The standard InChI is InChI=1S/C29H29NO5/c1-2-35-27(32)20-12-19-25(28(33)34)30-26(31)21-29(22-13-6-3-7-14-22,23-15-8-4-9-16-23)24-17-10-5-11-18-24/h3-18,20,25H,2,19,21H2,1H3,(H,30,31)(H,33,34)/b20-12+/t25-/m0/s1. The van der Waals surface area contributed by atoms with Crippen LogP contribution in [0.4, 0.5) is 0 Å². The maximum absolute atomic E-state index is 13.4. The highest BCUT2D eigenvalue weighted by Gasteiger charge is 2.39. The summed E-state index contributed by atoms with van der Waals surface area (Å²) in [5, 5.41) is 12.3. The summed E-state index contributed by atoms with van der Waals surface area (Å²) in [7, 11) is 0. The van der Waals surface area contributed by atoms with Gasteiger partial charge < -0.3 is 15.2 Å². The molecule has 1 amide bonds. The zero-order valence-electron chi connectivity index (χ0n) is 19.6. The van der Waals surface area contributed by atoms with Crippen molar-refractivity contribution in [1.82, 2.24) is 5.32 Å². The molecule has 0 fully saturated rings. The summed E-state index contributed by atoms with van der Waals surface area (Å²) in [5.41, 5.74) is 1.92. The van der Waals surface area contributed by atoms with Gasteiger partial charge in [-0.15, -0.1) is 0 Å². The SMILES string of the molecule is CCOC(=O)/C=C/C[C@H](NC(=O)CC(c1ccccc1)(c1ccccc1)c1ccccc1)C(=O)O. The monoisotopic (exact) mass is 471 g/mol. The topological polar surface area (TPSA) is 92.7 Å². The summed E-state index contributed by atoms with van der Waals surface area (Å²) in [6, 6.07) is 28.0. The van der Waals surface area contributed by atoms with Gasteiger partial charge in [-0.2, -0.15) is 0 Å². The van der Waals surface area contributed by atoms with Gasteiger partial charge in [-0.25, -0.2) is 9.59 Å². The minimum absolute atomic E-state index is 0.00356. The second-order valence-electron chi connectivity index (χ2n) is 8.03. The van der Waals surface area contributed by atoms with E-state index in [1.807, 2.05) is 91.0 Å². The largest absolute Gasteiger partial charge is 0.480 e. The van der Waals surface area contributed by atoms with E-state index >= 15 is 0 Å². The van der Waals surface area contributed by atoms with Crippen molar-refractivity contribution in [2.24, 2.45) is 0 Å². The van der Waals surface area contributed by atoms with Gasteiger partial charge in [-0.3, -0.25) is 4.79 Å². The Bertz CT molecular complexity index is 1050. The van der Waals surface area contributed by atoms with E-state index in [2.05, 4.69) is 5.32 Å². The number of nitrogens with one attached hydrogen (secondary N) is 1. The van der Waals surface area contributed by atoms with Gasteiger partial charge in [0.05, 0.1) is 12.0 Å². The van der Waals surface area contributed by atoms with Gasteiger partial charge in [0, 0.05) is 12.5 Å². The van der Waals surface area contributed by atoms with Crippen LogP contribution < -0.4 is 5.32 Å². The highest BCUT2D eigenvalue weighted by molar-refractivity contribution is 5.86. The van der Waals surface area contributed by atoms with Crippen LogP contribution in [0.1, 0.15) is 36.5 Å². The van der Waals surface area contributed by atoms with Crippen LogP contribution >= 0.6 is 0 Å². The van der Waals surface area contributed by atoms with E-state index in [1.54, 1.807) is 6.92 Å². The van der Waals surface area contributed by atoms with Crippen molar-refractivity contribution < 1.29 is 24.2 Å². The van der Waals surface area contributed by atoms with Crippen LogP contribution in [0.5, 0.6) is 0 Å². The molecule has 0 aliphatic rings. The molecular weight excluding hydrogens is 442 g/mol. The molecule has 1 atom stereocenters. The molecule has 3 rings (SSSR count). The number of rotatable bonds is 11. The number of carbonyl (C=O) groups excluding carboxylic acids is 2. The third kappa shape index (κ3) is 6.44. The van der Waals surface area contributed by atoms with Crippen LogP contribution in [0, 0.1) is 0 Å². The molecule has 2 N–H and O–H groups in total. The van der Waals surface area contributed by atoms with E-state index in [1.165, 1.54) is 12.2 Å². The lowest BCUT2D eigenvalue weighted by molar-refractivity contribution is -0.142. The molecule has 3 aromatic rings. The molecule has 35 heavy (non-hydrogen) atoms. The normalized spacial score (nSPS) is 12.1. The van der Waals surface area contributed by atoms with Crippen molar-refractivity contribution in [3.63, 3.8) is 0 Å². The van der Waals surface area contributed by atoms with Crippen LogP contribution in [0.2, 0.25) is 0 Å². The molecule has 0 radical (unpaired) electrons.